The molecule has 1 atom stereocenters. The van der Waals surface area contributed by atoms with Crippen LogP contribution in [0.4, 0.5) is 10.5 Å². The lowest BCUT2D eigenvalue weighted by atomic mass is 10.1. The number of nitrogens with one attached hydrogen (secondary N) is 2. The molecule has 1 aliphatic heterocycles. The van der Waals surface area contributed by atoms with Crippen molar-refractivity contribution in [3.8, 4) is 0 Å². The zero-order chi connectivity index (χ0) is 19.5. The number of anilines is 1. The summed E-state index contributed by atoms with van der Waals surface area (Å²) in [5, 5.41) is 5.19. The molecule has 26 heavy (non-hydrogen) atoms. The van der Waals surface area contributed by atoms with Crippen LogP contribution in [-0.4, -0.2) is 46.9 Å². The summed E-state index contributed by atoms with van der Waals surface area (Å²) in [6.07, 6.45) is -1.18. The molecule has 1 saturated heterocycles. The van der Waals surface area contributed by atoms with E-state index in [0.29, 0.717) is 5.69 Å². The van der Waals surface area contributed by atoms with Gasteiger partial charge in [0.05, 0.1) is 6.42 Å². The molecule has 8 heteroatoms. The van der Waals surface area contributed by atoms with Crippen molar-refractivity contribution in [2.24, 2.45) is 0 Å². The number of nitrogens with zero attached hydrogens (tertiary/aromatic N) is 1. The van der Waals surface area contributed by atoms with Gasteiger partial charge in [-0.2, -0.15) is 0 Å². The average molecular weight is 361 g/mol. The first-order valence-corrected chi connectivity index (χ1v) is 8.31. The Morgan fingerprint density at radius 1 is 1.31 bits per heavy atom. The second-order valence-electron chi connectivity index (χ2n) is 6.75. The number of benzene rings is 1. The van der Waals surface area contributed by atoms with Crippen LogP contribution >= 0.6 is 0 Å². The van der Waals surface area contributed by atoms with Gasteiger partial charge in [-0.3, -0.25) is 19.3 Å². The van der Waals surface area contributed by atoms with Crippen molar-refractivity contribution in [3.63, 3.8) is 0 Å². The third-order valence-electron chi connectivity index (χ3n) is 3.95. The molecule has 1 heterocycles. The zero-order valence-electron chi connectivity index (χ0n) is 15.3. The number of esters is 1. The first kappa shape index (κ1) is 19.4. The third-order valence-corrected chi connectivity index (χ3v) is 3.95. The number of hydrogen-bond donors (Lipinski definition) is 2. The van der Waals surface area contributed by atoms with Crippen molar-refractivity contribution < 1.29 is 23.9 Å². The largest absolute Gasteiger partial charge is 0.452 e. The number of imide groups is 1. The van der Waals surface area contributed by atoms with Gasteiger partial charge in [-0.1, -0.05) is 12.1 Å². The number of carbonyl (C=O) groups excluding carboxylic acids is 4. The van der Waals surface area contributed by atoms with Crippen molar-refractivity contribution in [2.75, 3.05) is 11.9 Å². The molecule has 0 spiro atoms. The van der Waals surface area contributed by atoms with Gasteiger partial charge in [0, 0.05) is 12.2 Å². The number of urea groups is 1. The van der Waals surface area contributed by atoms with Crippen LogP contribution in [0.5, 0.6) is 0 Å². The summed E-state index contributed by atoms with van der Waals surface area (Å²) in [5.41, 5.74) is 0.616. The van der Waals surface area contributed by atoms with E-state index >= 15 is 0 Å². The summed E-state index contributed by atoms with van der Waals surface area (Å²) in [4.78, 5) is 48.8. The van der Waals surface area contributed by atoms with Gasteiger partial charge in [-0.05, 0) is 45.4 Å². The van der Waals surface area contributed by atoms with Gasteiger partial charge in [0.25, 0.3) is 11.8 Å². The number of ether oxygens (including phenoxy) is 1. The predicted octanol–water partition coefficient (Wildman–Crippen LogP) is 1.59. The van der Waals surface area contributed by atoms with Crippen molar-refractivity contribution in [1.29, 1.82) is 0 Å². The Morgan fingerprint density at radius 3 is 2.58 bits per heavy atom. The molecule has 0 aliphatic carbocycles. The molecule has 1 aromatic rings. The highest BCUT2D eigenvalue weighted by Crippen LogP contribution is 2.17. The van der Waals surface area contributed by atoms with E-state index in [9.17, 15) is 19.2 Å². The van der Waals surface area contributed by atoms with E-state index < -0.39 is 35.5 Å². The van der Waals surface area contributed by atoms with Gasteiger partial charge in [-0.25, -0.2) is 4.79 Å². The van der Waals surface area contributed by atoms with Gasteiger partial charge in [-0.15, -0.1) is 0 Å². The summed E-state index contributed by atoms with van der Waals surface area (Å²) in [6, 6.07) is 6.69. The number of carbonyl (C=O) groups is 4. The van der Waals surface area contributed by atoms with E-state index in [1.807, 2.05) is 13.0 Å². The van der Waals surface area contributed by atoms with Crippen LogP contribution in [0.15, 0.2) is 24.3 Å². The summed E-state index contributed by atoms with van der Waals surface area (Å²) in [6.45, 7) is 6.43. The zero-order valence-corrected chi connectivity index (χ0v) is 15.3. The minimum Gasteiger partial charge on any atom is -0.452 e. The van der Waals surface area contributed by atoms with Gasteiger partial charge >= 0.3 is 12.0 Å². The third kappa shape index (κ3) is 4.59. The van der Waals surface area contributed by atoms with Crippen molar-refractivity contribution in [2.45, 2.75) is 45.8 Å². The SMILES string of the molecule is Cc1cccc(NC(=O)C(C)OC(=O)CCN2C(=O)NC(C)(C)C2=O)c1. The lowest BCUT2D eigenvalue weighted by molar-refractivity contribution is -0.153. The molecule has 2 rings (SSSR count). The van der Waals surface area contributed by atoms with E-state index in [-0.39, 0.29) is 13.0 Å². The topological polar surface area (TPSA) is 105 Å². The molecular weight excluding hydrogens is 338 g/mol. The van der Waals surface area contributed by atoms with Gasteiger partial charge in [0.1, 0.15) is 5.54 Å². The summed E-state index contributed by atoms with van der Waals surface area (Å²) < 4.78 is 5.08. The smallest absolute Gasteiger partial charge is 0.325 e. The van der Waals surface area contributed by atoms with Crippen molar-refractivity contribution >= 4 is 29.5 Å². The molecule has 1 fully saturated rings. The number of amides is 4. The summed E-state index contributed by atoms with van der Waals surface area (Å²) in [5.74, 6) is -1.53. The van der Waals surface area contributed by atoms with Crippen LogP contribution in [0.1, 0.15) is 32.8 Å². The number of rotatable bonds is 6. The highest BCUT2D eigenvalue weighted by Gasteiger charge is 2.44. The van der Waals surface area contributed by atoms with Crippen molar-refractivity contribution in [1.82, 2.24) is 10.2 Å². The molecule has 0 aromatic heterocycles. The average Bonchev–Trinajstić information content (AvgIpc) is 2.73. The minimum absolute atomic E-state index is 0.0981. The molecule has 1 aromatic carbocycles. The van der Waals surface area contributed by atoms with E-state index in [4.69, 9.17) is 4.74 Å². The molecule has 4 amide bonds. The van der Waals surface area contributed by atoms with E-state index in [0.717, 1.165) is 10.5 Å². The fourth-order valence-electron chi connectivity index (χ4n) is 2.50. The quantitative estimate of drug-likeness (QED) is 0.591. The molecule has 8 nitrogen and oxygen atoms in total. The maximum absolute atomic E-state index is 12.1. The lowest BCUT2D eigenvalue weighted by Crippen LogP contribution is -2.40. The fraction of sp³-hybridized carbons (Fsp3) is 0.444. The second kappa shape index (κ2) is 7.55. The monoisotopic (exact) mass is 361 g/mol. The van der Waals surface area contributed by atoms with Crippen LogP contribution in [0.25, 0.3) is 0 Å². The molecule has 0 saturated carbocycles. The normalized spacial score (nSPS) is 16.8. The maximum Gasteiger partial charge on any atom is 0.325 e. The minimum atomic E-state index is -0.998. The first-order valence-electron chi connectivity index (χ1n) is 8.31. The fourth-order valence-corrected chi connectivity index (χ4v) is 2.50. The Morgan fingerprint density at radius 2 is 2.00 bits per heavy atom. The van der Waals surface area contributed by atoms with Crippen LogP contribution < -0.4 is 10.6 Å². The van der Waals surface area contributed by atoms with E-state index in [1.54, 1.807) is 32.0 Å². The Labute approximate surface area is 151 Å². The van der Waals surface area contributed by atoms with Crippen LogP contribution in [0, 0.1) is 6.92 Å². The van der Waals surface area contributed by atoms with Gasteiger partial charge in [0.15, 0.2) is 6.10 Å². The maximum atomic E-state index is 12.1. The second-order valence-corrected chi connectivity index (χ2v) is 6.75. The standard InChI is InChI=1S/C18H23N3O5/c1-11-6-5-7-13(10-11)19-15(23)12(2)26-14(22)8-9-21-16(24)18(3,4)20-17(21)25/h5-7,10,12H,8-9H2,1-4H3,(H,19,23)(H,20,25). The molecule has 0 bridgehead atoms. The number of hydrogen-bond acceptors (Lipinski definition) is 5. The van der Waals surface area contributed by atoms with Crippen LogP contribution in [-0.2, 0) is 19.1 Å². The predicted molar refractivity (Wildman–Crippen MR) is 94.3 cm³/mol. The molecule has 0 radical (unpaired) electrons. The Balaban J connectivity index is 1.82. The molecule has 1 aliphatic rings. The molecule has 140 valence electrons. The highest BCUT2D eigenvalue weighted by molar-refractivity contribution is 6.06. The Bertz CT molecular complexity index is 744. The first-order chi connectivity index (χ1) is 12.1. The van der Waals surface area contributed by atoms with Crippen LogP contribution in [0.3, 0.4) is 0 Å². The van der Waals surface area contributed by atoms with E-state index in [2.05, 4.69) is 10.6 Å². The molecule has 2 N–H and O–H groups in total. The Hall–Kier alpha value is -2.90. The Kier molecular flexibility index (Phi) is 5.64. The van der Waals surface area contributed by atoms with Gasteiger partial charge < -0.3 is 15.4 Å². The van der Waals surface area contributed by atoms with Crippen LogP contribution in [0.2, 0.25) is 0 Å². The molecular formula is C18H23N3O5. The number of aryl methyl sites for hydroxylation is 1. The summed E-state index contributed by atoms with van der Waals surface area (Å²) in [7, 11) is 0. The lowest BCUT2D eigenvalue weighted by Gasteiger charge is -2.17. The summed E-state index contributed by atoms with van der Waals surface area (Å²) >= 11 is 0. The van der Waals surface area contributed by atoms with E-state index in [1.165, 1.54) is 6.92 Å². The van der Waals surface area contributed by atoms with Gasteiger partial charge in [0.2, 0.25) is 0 Å². The van der Waals surface area contributed by atoms with Crippen molar-refractivity contribution in [3.05, 3.63) is 29.8 Å². The highest BCUT2D eigenvalue weighted by atomic mass is 16.5. The molecule has 1 unspecified atom stereocenters.